The van der Waals surface area contributed by atoms with Crippen LogP contribution in [0.5, 0.6) is 0 Å². The molecule has 0 amide bonds. The quantitative estimate of drug-likeness (QED) is 0.694. The van der Waals surface area contributed by atoms with Gasteiger partial charge in [-0.1, -0.05) is 12.1 Å². The number of imidazole rings is 1. The molecule has 0 saturated heterocycles. The lowest BCUT2D eigenvalue weighted by Crippen LogP contribution is -2.04. The second kappa shape index (κ2) is 5.32. The van der Waals surface area contributed by atoms with Crippen molar-refractivity contribution in [2.75, 3.05) is 5.88 Å². The number of nitrogens with zero attached hydrogens (tertiary/aromatic N) is 4. The van der Waals surface area contributed by atoms with Gasteiger partial charge in [-0.3, -0.25) is 9.55 Å². The average Bonchev–Trinajstić information content (AvgIpc) is 2.85. The zero-order valence-corrected chi connectivity index (χ0v) is 11.4. The van der Waals surface area contributed by atoms with Crippen LogP contribution >= 0.6 is 11.6 Å². The zero-order valence-electron chi connectivity index (χ0n) is 10.6. The number of hydrogen-bond acceptors (Lipinski definition) is 3. The molecule has 0 spiro atoms. The van der Waals surface area contributed by atoms with Gasteiger partial charge < -0.3 is 0 Å². The Morgan fingerprint density at radius 1 is 1.25 bits per heavy atom. The molecule has 0 radical (unpaired) electrons. The van der Waals surface area contributed by atoms with E-state index in [1.165, 1.54) is 0 Å². The standard InChI is InChI=1S/C15H11ClN4/c16-7-5-15-19-12-10-18-8-6-14(12)20(15)13-4-2-1-3-11(13)9-17/h1-4,6,8,10H,5,7H2. The summed E-state index contributed by atoms with van der Waals surface area (Å²) in [5, 5.41) is 9.29. The van der Waals surface area contributed by atoms with Crippen LogP contribution in [0.3, 0.4) is 0 Å². The van der Waals surface area contributed by atoms with Gasteiger partial charge in [-0.05, 0) is 18.2 Å². The average molecular weight is 283 g/mol. The summed E-state index contributed by atoms with van der Waals surface area (Å²) in [5.41, 5.74) is 3.17. The molecule has 0 fully saturated rings. The van der Waals surface area contributed by atoms with E-state index in [0.29, 0.717) is 17.9 Å². The Balaban J connectivity index is 2.34. The number of nitriles is 1. The summed E-state index contributed by atoms with van der Waals surface area (Å²) in [6.07, 6.45) is 4.08. The molecule has 20 heavy (non-hydrogen) atoms. The van der Waals surface area contributed by atoms with Crippen molar-refractivity contribution in [2.24, 2.45) is 0 Å². The van der Waals surface area contributed by atoms with Crippen molar-refractivity contribution in [3.63, 3.8) is 0 Å². The van der Waals surface area contributed by atoms with Crippen molar-refractivity contribution in [3.05, 3.63) is 54.1 Å². The summed E-state index contributed by atoms with van der Waals surface area (Å²) in [5.74, 6) is 1.32. The fourth-order valence-corrected chi connectivity index (χ4v) is 2.44. The van der Waals surface area contributed by atoms with Gasteiger partial charge in [0.2, 0.25) is 0 Å². The number of rotatable bonds is 3. The lowest BCUT2D eigenvalue weighted by atomic mass is 10.2. The largest absolute Gasteiger partial charge is 0.295 e. The fourth-order valence-electron chi connectivity index (χ4n) is 2.27. The van der Waals surface area contributed by atoms with Crippen LogP contribution in [0.4, 0.5) is 0 Å². The first kappa shape index (κ1) is 12.6. The van der Waals surface area contributed by atoms with E-state index in [9.17, 15) is 5.26 Å². The lowest BCUT2D eigenvalue weighted by molar-refractivity contribution is 0.910. The second-order valence-electron chi connectivity index (χ2n) is 4.30. The van der Waals surface area contributed by atoms with Crippen LogP contribution in [-0.4, -0.2) is 20.4 Å². The SMILES string of the molecule is N#Cc1ccccc1-n1c(CCCl)nc2cnccc21. The number of benzene rings is 1. The second-order valence-corrected chi connectivity index (χ2v) is 4.67. The Hall–Kier alpha value is -2.38. The van der Waals surface area contributed by atoms with E-state index in [4.69, 9.17) is 11.6 Å². The van der Waals surface area contributed by atoms with Gasteiger partial charge in [-0.25, -0.2) is 4.98 Å². The summed E-state index contributed by atoms with van der Waals surface area (Å²) in [6, 6.07) is 11.6. The van der Waals surface area contributed by atoms with Crippen LogP contribution in [-0.2, 0) is 6.42 Å². The Labute approximate surface area is 121 Å². The molecule has 0 aliphatic rings. The van der Waals surface area contributed by atoms with Crippen molar-refractivity contribution in [1.29, 1.82) is 5.26 Å². The van der Waals surface area contributed by atoms with E-state index in [1.54, 1.807) is 18.5 Å². The predicted molar refractivity (Wildman–Crippen MR) is 78.0 cm³/mol. The maximum Gasteiger partial charge on any atom is 0.115 e. The maximum atomic E-state index is 9.29. The van der Waals surface area contributed by atoms with E-state index < -0.39 is 0 Å². The molecule has 98 valence electrons. The van der Waals surface area contributed by atoms with Gasteiger partial charge in [0.1, 0.15) is 17.4 Å². The van der Waals surface area contributed by atoms with Gasteiger partial charge in [0.05, 0.1) is 23.0 Å². The topological polar surface area (TPSA) is 54.5 Å². The fraction of sp³-hybridized carbons (Fsp3) is 0.133. The summed E-state index contributed by atoms with van der Waals surface area (Å²) in [6.45, 7) is 0. The highest BCUT2D eigenvalue weighted by atomic mass is 35.5. The van der Waals surface area contributed by atoms with Crippen LogP contribution in [0.25, 0.3) is 16.7 Å². The molecule has 0 aliphatic carbocycles. The van der Waals surface area contributed by atoms with E-state index in [1.807, 2.05) is 28.8 Å². The Kier molecular flexibility index (Phi) is 3.36. The highest BCUT2D eigenvalue weighted by Gasteiger charge is 2.14. The highest BCUT2D eigenvalue weighted by Crippen LogP contribution is 2.23. The lowest BCUT2D eigenvalue weighted by Gasteiger charge is -2.10. The van der Waals surface area contributed by atoms with Gasteiger partial charge in [0.15, 0.2) is 0 Å². The molecule has 2 heterocycles. The number of pyridine rings is 1. The first-order chi connectivity index (χ1) is 9.85. The molecule has 0 atom stereocenters. The van der Waals surface area contributed by atoms with Gasteiger partial charge in [0, 0.05) is 18.5 Å². The minimum atomic E-state index is 0.478. The number of alkyl halides is 1. The molecule has 5 heteroatoms. The molecular formula is C15H11ClN4. The van der Waals surface area contributed by atoms with E-state index in [2.05, 4.69) is 16.0 Å². The number of aryl methyl sites for hydroxylation is 1. The third-order valence-electron chi connectivity index (χ3n) is 3.11. The van der Waals surface area contributed by atoms with Crippen LogP contribution in [0, 0.1) is 11.3 Å². The number of halogens is 1. The predicted octanol–water partition coefficient (Wildman–Crippen LogP) is 3.07. The molecular weight excluding hydrogens is 272 g/mol. The molecule has 0 N–H and O–H groups in total. The summed E-state index contributed by atoms with van der Waals surface area (Å²) in [4.78, 5) is 8.65. The molecule has 0 unspecified atom stereocenters. The van der Waals surface area contributed by atoms with Gasteiger partial charge in [0.25, 0.3) is 0 Å². The van der Waals surface area contributed by atoms with Crippen LogP contribution < -0.4 is 0 Å². The summed E-state index contributed by atoms with van der Waals surface area (Å²) in [7, 11) is 0. The smallest absolute Gasteiger partial charge is 0.115 e. The minimum Gasteiger partial charge on any atom is -0.295 e. The third kappa shape index (κ3) is 2.02. The molecule has 2 aromatic heterocycles. The molecule has 3 aromatic rings. The maximum absolute atomic E-state index is 9.29. The summed E-state index contributed by atoms with van der Waals surface area (Å²) >= 11 is 5.86. The molecule has 0 aliphatic heterocycles. The van der Waals surface area contributed by atoms with Gasteiger partial charge >= 0.3 is 0 Å². The van der Waals surface area contributed by atoms with E-state index in [0.717, 1.165) is 22.5 Å². The molecule has 4 nitrogen and oxygen atoms in total. The number of hydrogen-bond donors (Lipinski definition) is 0. The van der Waals surface area contributed by atoms with Crippen molar-refractivity contribution >= 4 is 22.6 Å². The van der Waals surface area contributed by atoms with Crippen LogP contribution in [0.1, 0.15) is 11.4 Å². The Bertz CT molecular complexity index is 801. The van der Waals surface area contributed by atoms with Crippen molar-refractivity contribution in [3.8, 4) is 11.8 Å². The molecule has 1 aromatic carbocycles. The van der Waals surface area contributed by atoms with Crippen LogP contribution in [0.2, 0.25) is 0 Å². The molecule has 0 saturated carbocycles. The number of para-hydroxylation sites is 1. The van der Waals surface area contributed by atoms with Crippen molar-refractivity contribution in [1.82, 2.24) is 14.5 Å². The zero-order chi connectivity index (χ0) is 13.9. The normalized spacial score (nSPS) is 10.6. The van der Waals surface area contributed by atoms with Crippen molar-refractivity contribution in [2.45, 2.75) is 6.42 Å². The van der Waals surface area contributed by atoms with Crippen molar-refractivity contribution < 1.29 is 0 Å². The Morgan fingerprint density at radius 2 is 2.10 bits per heavy atom. The molecule has 3 rings (SSSR count). The minimum absolute atomic E-state index is 0.478. The first-order valence-corrected chi connectivity index (χ1v) is 6.75. The third-order valence-corrected chi connectivity index (χ3v) is 3.30. The molecule has 0 bridgehead atoms. The Morgan fingerprint density at radius 3 is 2.90 bits per heavy atom. The van der Waals surface area contributed by atoms with Crippen LogP contribution in [0.15, 0.2) is 42.7 Å². The summed E-state index contributed by atoms with van der Waals surface area (Å²) < 4.78 is 1.98. The highest BCUT2D eigenvalue weighted by molar-refractivity contribution is 6.17. The van der Waals surface area contributed by atoms with Gasteiger partial charge in [-0.15, -0.1) is 11.6 Å². The number of aromatic nitrogens is 3. The van der Waals surface area contributed by atoms with Gasteiger partial charge in [-0.2, -0.15) is 5.26 Å². The van der Waals surface area contributed by atoms with E-state index >= 15 is 0 Å². The first-order valence-electron chi connectivity index (χ1n) is 6.22. The monoisotopic (exact) mass is 282 g/mol. The number of fused-ring (bicyclic) bond motifs is 1. The van der Waals surface area contributed by atoms with E-state index in [-0.39, 0.29) is 0 Å².